The lowest BCUT2D eigenvalue weighted by atomic mass is 10.1. The summed E-state index contributed by atoms with van der Waals surface area (Å²) in [5, 5.41) is 0. The van der Waals surface area contributed by atoms with Crippen molar-refractivity contribution < 1.29 is 19.1 Å². The van der Waals surface area contributed by atoms with Crippen molar-refractivity contribution in [3.8, 4) is 11.5 Å². The molecule has 0 saturated heterocycles. The predicted molar refractivity (Wildman–Crippen MR) is 95.4 cm³/mol. The maximum atomic E-state index is 11.9. The monoisotopic (exact) mass is 340 g/mol. The summed E-state index contributed by atoms with van der Waals surface area (Å²) in [5.41, 5.74) is 6.89. The Morgan fingerprint density at radius 3 is 2.32 bits per heavy atom. The number of rotatable bonds is 5. The highest BCUT2D eigenvalue weighted by atomic mass is 16.5. The molecular weight excluding hydrogens is 320 g/mol. The van der Waals surface area contributed by atoms with Crippen LogP contribution in [-0.2, 0) is 4.79 Å². The van der Waals surface area contributed by atoms with Crippen LogP contribution < -0.4 is 20.3 Å². The number of hydrogen-bond donors (Lipinski definition) is 2. The maximum absolute atomic E-state index is 11.9. The number of nitrogens with one attached hydrogen (secondary N) is 2. The van der Waals surface area contributed by atoms with E-state index < -0.39 is 5.91 Å². The van der Waals surface area contributed by atoms with Gasteiger partial charge in [-0.15, -0.1) is 0 Å². The number of hydrogen-bond acceptors (Lipinski definition) is 4. The fourth-order valence-corrected chi connectivity index (χ4v) is 2.07. The highest BCUT2D eigenvalue weighted by Crippen LogP contribution is 2.24. The van der Waals surface area contributed by atoms with Gasteiger partial charge in [-0.1, -0.05) is 17.7 Å². The van der Waals surface area contributed by atoms with Crippen molar-refractivity contribution in [3.63, 3.8) is 0 Å². The Morgan fingerprint density at radius 2 is 1.68 bits per heavy atom. The number of amides is 2. The van der Waals surface area contributed by atoms with Gasteiger partial charge in [0, 0.05) is 17.2 Å². The molecule has 2 N–H and O–H groups in total. The number of methoxy groups -OCH3 is 2. The van der Waals surface area contributed by atoms with Gasteiger partial charge >= 0.3 is 0 Å². The van der Waals surface area contributed by atoms with Crippen molar-refractivity contribution in [2.45, 2.75) is 6.92 Å². The molecule has 0 radical (unpaired) electrons. The van der Waals surface area contributed by atoms with E-state index in [1.165, 1.54) is 6.08 Å². The Balaban J connectivity index is 1.97. The zero-order chi connectivity index (χ0) is 18.2. The molecule has 130 valence electrons. The highest BCUT2D eigenvalue weighted by Gasteiger charge is 2.06. The topological polar surface area (TPSA) is 76.7 Å². The second kappa shape index (κ2) is 8.54. The van der Waals surface area contributed by atoms with Crippen LogP contribution in [0.15, 0.2) is 48.5 Å². The summed E-state index contributed by atoms with van der Waals surface area (Å²) >= 11 is 0. The fraction of sp³-hybridized carbons (Fsp3) is 0.158. The van der Waals surface area contributed by atoms with E-state index in [1.54, 1.807) is 50.6 Å². The van der Waals surface area contributed by atoms with Gasteiger partial charge in [-0.3, -0.25) is 20.4 Å². The SMILES string of the molecule is COc1ccc(OC)c(/C=C/C(=O)NNC(=O)c2ccc(C)cc2)c1. The van der Waals surface area contributed by atoms with Crippen molar-refractivity contribution in [1.82, 2.24) is 10.9 Å². The van der Waals surface area contributed by atoms with Gasteiger partial charge in [-0.25, -0.2) is 0 Å². The van der Waals surface area contributed by atoms with E-state index in [2.05, 4.69) is 10.9 Å². The number of aryl methyl sites for hydroxylation is 1. The molecule has 2 aromatic carbocycles. The lowest BCUT2D eigenvalue weighted by Crippen LogP contribution is -2.40. The van der Waals surface area contributed by atoms with Crippen molar-refractivity contribution >= 4 is 17.9 Å². The molecule has 0 aliphatic rings. The molecule has 6 nitrogen and oxygen atoms in total. The average molecular weight is 340 g/mol. The van der Waals surface area contributed by atoms with Gasteiger partial charge < -0.3 is 9.47 Å². The molecule has 0 fully saturated rings. The van der Waals surface area contributed by atoms with Gasteiger partial charge in [0.05, 0.1) is 14.2 Å². The van der Waals surface area contributed by atoms with Crippen LogP contribution in [0, 0.1) is 6.92 Å². The first-order chi connectivity index (χ1) is 12.0. The van der Waals surface area contributed by atoms with Crippen LogP contribution in [0.1, 0.15) is 21.5 Å². The Morgan fingerprint density at radius 1 is 0.960 bits per heavy atom. The molecule has 2 rings (SSSR count). The van der Waals surface area contributed by atoms with Crippen LogP contribution in [0.5, 0.6) is 11.5 Å². The lowest BCUT2D eigenvalue weighted by molar-refractivity contribution is -0.117. The summed E-state index contributed by atoms with van der Waals surface area (Å²) in [4.78, 5) is 23.8. The van der Waals surface area contributed by atoms with Crippen molar-refractivity contribution in [1.29, 1.82) is 0 Å². The molecule has 0 atom stereocenters. The van der Waals surface area contributed by atoms with Crippen molar-refractivity contribution in [3.05, 3.63) is 65.2 Å². The molecule has 0 aliphatic carbocycles. The highest BCUT2D eigenvalue weighted by molar-refractivity contribution is 5.98. The van der Waals surface area contributed by atoms with E-state index in [4.69, 9.17) is 9.47 Å². The standard InChI is InChI=1S/C19H20N2O4/c1-13-4-6-14(7-5-13)19(23)21-20-18(22)11-8-15-12-16(24-2)9-10-17(15)25-3/h4-12H,1-3H3,(H,20,22)(H,21,23)/b11-8+. The molecule has 6 heteroatoms. The summed E-state index contributed by atoms with van der Waals surface area (Å²) in [5.74, 6) is 0.396. The Kier molecular flexibility index (Phi) is 6.17. The molecule has 25 heavy (non-hydrogen) atoms. The van der Waals surface area contributed by atoms with Gasteiger partial charge in [0.1, 0.15) is 11.5 Å². The minimum absolute atomic E-state index is 0.388. The van der Waals surface area contributed by atoms with Crippen LogP contribution in [0.3, 0.4) is 0 Å². The van der Waals surface area contributed by atoms with Crippen LogP contribution in [0.4, 0.5) is 0 Å². The van der Waals surface area contributed by atoms with Crippen LogP contribution >= 0.6 is 0 Å². The molecule has 0 aromatic heterocycles. The summed E-state index contributed by atoms with van der Waals surface area (Å²) in [7, 11) is 3.10. The van der Waals surface area contributed by atoms with Crippen LogP contribution in [0.2, 0.25) is 0 Å². The summed E-state index contributed by atoms with van der Waals surface area (Å²) in [6.07, 6.45) is 2.88. The van der Waals surface area contributed by atoms with Crippen molar-refractivity contribution in [2.24, 2.45) is 0 Å². The molecule has 0 saturated carbocycles. The predicted octanol–water partition coefficient (Wildman–Crippen LogP) is 2.49. The zero-order valence-electron chi connectivity index (χ0n) is 14.3. The second-order valence-electron chi connectivity index (χ2n) is 5.25. The first-order valence-corrected chi connectivity index (χ1v) is 7.60. The molecule has 0 heterocycles. The van der Waals surface area contributed by atoms with E-state index in [0.717, 1.165) is 5.56 Å². The van der Waals surface area contributed by atoms with E-state index >= 15 is 0 Å². The van der Waals surface area contributed by atoms with Crippen LogP contribution in [-0.4, -0.2) is 26.0 Å². The lowest BCUT2D eigenvalue weighted by Gasteiger charge is -2.08. The minimum atomic E-state index is -0.467. The molecule has 0 unspecified atom stereocenters. The smallest absolute Gasteiger partial charge is 0.269 e. The fourth-order valence-electron chi connectivity index (χ4n) is 2.07. The molecule has 0 bridgehead atoms. The number of carbonyl (C=O) groups excluding carboxylic acids is 2. The molecule has 0 aliphatic heterocycles. The van der Waals surface area contributed by atoms with Gasteiger partial charge in [-0.2, -0.15) is 0 Å². The van der Waals surface area contributed by atoms with Gasteiger partial charge in [0.2, 0.25) is 0 Å². The summed E-state index contributed by atoms with van der Waals surface area (Å²) < 4.78 is 10.4. The average Bonchev–Trinajstić information content (AvgIpc) is 2.64. The Labute approximate surface area is 146 Å². The number of carbonyl (C=O) groups is 2. The van der Waals surface area contributed by atoms with Gasteiger partial charge in [-0.05, 0) is 43.3 Å². The van der Waals surface area contributed by atoms with E-state index in [1.807, 2.05) is 19.1 Å². The zero-order valence-corrected chi connectivity index (χ0v) is 14.3. The normalized spacial score (nSPS) is 10.4. The molecule has 2 aromatic rings. The van der Waals surface area contributed by atoms with Crippen molar-refractivity contribution in [2.75, 3.05) is 14.2 Å². The minimum Gasteiger partial charge on any atom is -0.497 e. The number of benzene rings is 2. The number of ether oxygens (including phenoxy) is 2. The maximum Gasteiger partial charge on any atom is 0.269 e. The molecular formula is C19H20N2O4. The van der Waals surface area contributed by atoms with E-state index in [0.29, 0.717) is 22.6 Å². The van der Waals surface area contributed by atoms with Gasteiger partial charge in [0.25, 0.3) is 11.8 Å². The summed E-state index contributed by atoms with van der Waals surface area (Å²) in [6.45, 7) is 1.93. The number of hydrazine groups is 1. The molecule has 0 spiro atoms. The second-order valence-corrected chi connectivity index (χ2v) is 5.25. The Bertz CT molecular complexity index is 783. The largest absolute Gasteiger partial charge is 0.497 e. The third-order valence-corrected chi connectivity index (χ3v) is 3.46. The van der Waals surface area contributed by atoms with Crippen LogP contribution in [0.25, 0.3) is 6.08 Å². The quantitative estimate of drug-likeness (QED) is 0.648. The first-order valence-electron chi connectivity index (χ1n) is 7.60. The first kappa shape index (κ1) is 18.1. The van der Waals surface area contributed by atoms with Gasteiger partial charge in [0.15, 0.2) is 0 Å². The third-order valence-electron chi connectivity index (χ3n) is 3.46. The Hall–Kier alpha value is -3.28. The molecule has 2 amide bonds. The third kappa shape index (κ3) is 5.10. The van der Waals surface area contributed by atoms with E-state index in [-0.39, 0.29) is 5.91 Å². The summed E-state index contributed by atoms with van der Waals surface area (Å²) in [6, 6.07) is 12.3. The van der Waals surface area contributed by atoms with E-state index in [9.17, 15) is 9.59 Å².